The van der Waals surface area contributed by atoms with Gasteiger partial charge >= 0.3 is 0 Å². The highest BCUT2D eigenvalue weighted by Crippen LogP contribution is 2.21. The summed E-state index contributed by atoms with van der Waals surface area (Å²) in [7, 11) is 0. The summed E-state index contributed by atoms with van der Waals surface area (Å²) in [4.78, 5) is 11.2. The largest absolute Gasteiger partial charge is 0.378 e. The molecule has 0 aromatic heterocycles. The number of carbonyl (C=O) groups excluding carboxylic acids is 1. The number of hydrogen-bond donors (Lipinski definition) is 2. The van der Waals surface area contributed by atoms with Crippen LogP contribution in [-0.4, -0.2) is 31.2 Å². The van der Waals surface area contributed by atoms with Crippen LogP contribution in [0.5, 0.6) is 0 Å². The highest BCUT2D eigenvalue weighted by molar-refractivity contribution is 5.80. The minimum atomic E-state index is -0.481. The summed E-state index contributed by atoms with van der Waals surface area (Å²) in [5, 5.41) is 3.45. The van der Waals surface area contributed by atoms with Gasteiger partial charge in [0.05, 0.1) is 11.5 Å². The first kappa shape index (κ1) is 14.5. The number of nitrogens with one attached hydrogen (secondary N) is 1. The fraction of sp³-hybridized carbons (Fsp3) is 0.923. The molecule has 3 N–H and O–H groups in total. The molecule has 0 spiro atoms. The Hall–Kier alpha value is -0.610. The maximum atomic E-state index is 11.2. The lowest BCUT2D eigenvalue weighted by molar-refractivity contribution is -0.125. The van der Waals surface area contributed by atoms with Crippen molar-refractivity contribution in [2.75, 3.05) is 13.2 Å². The molecule has 1 heterocycles. The lowest BCUT2D eigenvalue weighted by Gasteiger charge is -2.34. The van der Waals surface area contributed by atoms with E-state index in [0.717, 1.165) is 19.4 Å². The van der Waals surface area contributed by atoms with Crippen LogP contribution in [0.3, 0.4) is 0 Å². The van der Waals surface area contributed by atoms with Crippen LogP contribution in [0.15, 0.2) is 0 Å². The van der Waals surface area contributed by atoms with Gasteiger partial charge in [0.15, 0.2) is 0 Å². The second kappa shape index (κ2) is 5.83. The van der Waals surface area contributed by atoms with Crippen molar-refractivity contribution in [3.8, 4) is 0 Å². The minimum Gasteiger partial charge on any atom is -0.378 e. The maximum absolute atomic E-state index is 11.2. The third-order valence-corrected chi connectivity index (χ3v) is 3.56. The zero-order chi connectivity index (χ0) is 13.1. The van der Waals surface area contributed by atoms with Gasteiger partial charge in [0.1, 0.15) is 0 Å². The van der Waals surface area contributed by atoms with Crippen molar-refractivity contribution in [2.24, 2.45) is 17.1 Å². The molecule has 0 aromatic carbocycles. The van der Waals surface area contributed by atoms with Crippen LogP contribution < -0.4 is 11.1 Å². The topological polar surface area (TPSA) is 64.3 Å². The standard InChI is InChI=1S/C13H26N2O2/c1-9(2)11-7-10(5-6-17-11)15-8-13(3,4)12(14)16/h9-11,15H,5-8H2,1-4H3,(H2,14,16). The summed E-state index contributed by atoms with van der Waals surface area (Å²) in [6, 6.07) is 0.440. The van der Waals surface area contributed by atoms with Crippen molar-refractivity contribution in [2.45, 2.75) is 52.7 Å². The van der Waals surface area contributed by atoms with Crippen LogP contribution in [-0.2, 0) is 9.53 Å². The normalized spacial score (nSPS) is 26.2. The van der Waals surface area contributed by atoms with Gasteiger partial charge < -0.3 is 15.8 Å². The van der Waals surface area contributed by atoms with Crippen LogP contribution in [0.25, 0.3) is 0 Å². The molecular weight excluding hydrogens is 216 g/mol. The van der Waals surface area contributed by atoms with E-state index in [0.29, 0.717) is 24.6 Å². The summed E-state index contributed by atoms with van der Waals surface area (Å²) in [6.45, 7) is 9.55. The molecule has 2 unspecified atom stereocenters. The summed E-state index contributed by atoms with van der Waals surface area (Å²) in [5.41, 5.74) is 4.88. The second-order valence-corrected chi connectivity index (χ2v) is 6.00. The molecule has 1 amide bonds. The first-order valence-corrected chi connectivity index (χ1v) is 6.48. The predicted octanol–water partition coefficient (Wildman–Crippen LogP) is 1.29. The van der Waals surface area contributed by atoms with Crippen LogP contribution in [0, 0.1) is 11.3 Å². The van der Waals surface area contributed by atoms with Crippen molar-refractivity contribution in [3.05, 3.63) is 0 Å². The lowest BCUT2D eigenvalue weighted by Crippen LogP contribution is -2.47. The molecule has 17 heavy (non-hydrogen) atoms. The monoisotopic (exact) mass is 242 g/mol. The molecule has 1 aliphatic rings. The number of hydrogen-bond acceptors (Lipinski definition) is 3. The third-order valence-electron chi connectivity index (χ3n) is 3.56. The van der Waals surface area contributed by atoms with Crippen molar-refractivity contribution in [1.82, 2.24) is 5.32 Å². The van der Waals surface area contributed by atoms with E-state index < -0.39 is 5.41 Å². The van der Waals surface area contributed by atoms with E-state index in [1.165, 1.54) is 0 Å². The Morgan fingerprint density at radius 3 is 2.71 bits per heavy atom. The quantitative estimate of drug-likeness (QED) is 0.763. The number of amides is 1. The van der Waals surface area contributed by atoms with Gasteiger partial charge in [-0.25, -0.2) is 0 Å². The molecule has 0 saturated carbocycles. The van der Waals surface area contributed by atoms with Gasteiger partial charge in [0, 0.05) is 19.2 Å². The number of ether oxygens (including phenoxy) is 1. The van der Waals surface area contributed by atoms with E-state index in [1.54, 1.807) is 0 Å². The third kappa shape index (κ3) is 4.28. The van der Waals surface area contributed by atoms with Crippen molar-refractivity contribution in [3.63, 3.8) is 0 Å². The summed E-state index contributed by atoms with van der Waals surface area (Å²) in [5.74, 6) is 0.293. The average Bonchev–Trinajstić information content (AvgIpc) is 2.26. The molecule has 2 atom stereocenters. The molecule has 1 rings (SSSR count). The molecule has 0 bridgehead atoms. The Kier molecular flexibility index (Phi) is 4.95. The van der Waals surface area contributed by atoms with Crippen molar-refractivity contribution in [1.29, 1.82) is 0 Å². The molecule has 0 aromatic rings. The predicted molar refractivity (Wildman–Crippen MR) is 68.6 cm³/mol. The lowest BCUT2D eigenvalue weighted by atomic mass is 9.90. The van der Waals surface area contributed by atoms with E-state index in [4.69, 9.17) is 10.5 Å². The molecule has 0 radical (unpaired) electrons. The fourth-order valence-corrected chi connectivity index (χ4v) is 1.96. The van der Waals surface area contributed by atoms with Crippen LogP contribution in [0.1, 0.15) is 40.5 Å². The number of carbonyl (C=O) groups is 1. The first-order valence-electron chi connectivity index (χ1n) is 6.48. The average molecular weight is 242 g/mol. The van der Waals surface area contributed by atoms with Gasteiger partial charge in [-0.3, -0.25) is 4.79 Å². The van der Waals surface area contributed by atoms with Crippen molar-refractivity contribution < 1.29 is 9.53 Å². The molecule has 1 saturated heterocycles. The Bertz CT molecular complexity index is 264. The number of rotatable bonds is 5. The highest BCUT2D eigenvalue weighted by atomic mass is 16.5. The Balaban J connectivity index is 2.39. The van der Waals surface area contributed by atoms with Crippen molar-refractivity contribution >= 4 is 5.91 Å². The van der Waals surface area contributed by atoms with Gasteiger partial charge in [0.2, 0.25) is 5.91 Å². The Morgan fingerprint density at radius 1 is 1.53 bits per heavy atom. The number of primary amides is 1. The molecule has 100 valence electrons. The highest BCUT2D eigenvalue weighted by Gasteiger charge is 2.29. The molecule has 0 aliphatic carbocycles. The zero-order valence-corrected chi connectivity index (χ0v) is 11.5. The Morgan fingerprint density at radius 2 is 2.18 bits per heavy atom. The number of nitrogens with two attached hydrogens (primary N) is 1. The van der Waals surface area contributed by atoms with Crippen LogP contribution in [0.2, 0.25) is 0 Å². The summed E-state index contributed by atoms with van der Waals surface area (Å²) < 4.78 is 5.72. The van der Waals surface area contributed by atoms with Gasteiger partial charge in [-0.1, -0.05) is 13.8 Å². The minimum absolute atomic E-state index is 0.252. The first-order chi connectivity index (χ1) is 7.83. The molecule has 1 fully saturated rings. The van der Waals surface area contributed by atoms with Gasteiger partial charge in [-0.2, -0.15) is 0 Å². The zero-order valence-electron chi connectivity index (χ0n) is 11.5. The summed E-state index contributed by atoms with van der Waals surface area (Å²) in [6.07, 6.45) is 2.36. The molecule has 1 aliphatic heterocycles. The molecule has 4 heteroatoms. The van der Waals surface area contributed by atoms with Gasteiger partial charge in [-0.05, 0) is 32.6 Å². The maximum Gasteiger partial charge on any atom is 0.224 e. The van der Waals surface area contributed by atoms with Gasteiger partial charge in [0.25, 0.3) is 0 Å². The van der Waals surface area contributed by atoms with Crippen LogP contribution in [0.4, 0.5) is 0 Å². The van der Waals surface area contributed by atoms with E-state index >= 15 is 0 Å². The smallest absolute Gasteiger partial charge is 0.224 e. The summed E-state index contributed by atoms with van der Waals surface area (Å²) >= 11 is 0. The molecular formula is C13H26N2O2. The van der Waals surface area contributed by atoms with E-state index in [-0.39, 0.29) is 5.91 Å². The van der Waals surface area contributed by atoms with Gasteiger partial charge in [-0.15, -0.1) is 0 Å². The fourth-order valence-electron chi connectivity index (χ4n) is 1.96. The van der Waals surface area contributed by atoms with Crippen LogP contribution >= 0.6 is 0 Å². The SMILES string of the molecule is CC(C)C1CC(NCC(C)(C)C(N)=O)CCO1. The van der Waals surface area contributed by atoms with E-state index in [1.807, 2.05) is 13.8 Å². The second-order valence-electron chi connectivity index (χ2n) is 6.00. The van der Waals surface area contributed by atoms with E-state index in [9.17, 15) is 4.79 Å². The van der Waals surface area contributed by atoms with E-state index in [2.05, 4.69) is 19.2 Å². The molecule has 4 nitrogen and oxygen atoms in total. The Labute approximate surface area is 104 Å².